The summed E-state index contributed by atoms with van der Waals surface area (Å²) in [7, 11) is 0. The van der Waals surface area contributed by atoms with Crippen molar-refractivity contribution in [3.05, 3.63) is 0 Å². The van der Waals surface area contributed by atoms with Gasteiger partial charge >= 0.3 is 23.9 Å². The van der Waals surface area contributed by atoms with E-state index in [0.717, 1.165) is 0 Å². The minimum absolute atomic E-state index is 0.0234. The Morgan fingerprint density at radius 2 is 1.68 bits per heavy atom. The lowest BCUT2D eigenvalue weighted by Crippen LogP contribution is -2.43. The number of carbonyl (C=O) groups excluding carboxylic acids is 2. The van der Waals surface area contributed by atoms with Gasteiger partial charge in [-0.15, -0.1) is 0 Å². The number of esters is 2. The predicted molar refractivity (Wildman–Crippen MR) is 56.9 cm³/mol. The molecule has 0 aliphatic heterocycles. The second-order valence-electron chi connectivity index (χ2n) is 3.80. The van der Waals surface area contributed by atoms with E-state index in [0.29, 0.717) is 0 Å². The molecule has 0 aromatic carbocycles. The number of aliphatic hydroxyl groups is 2. The van der Waals surface area contributed by atoms with Gasteiger partial charge in [-0.05, 0) is 6.42 Å². The van der Waals surface area contributed by atoms with Gasteiger partial charge in [-0.25, -0.2) is 9.59 Å². The summed E-state index contributed by atoms with van der Waals surface area (Å²) >= 11 is 0. The Hall–Kier alpha value is -2.00. The van der Waals surface area contributed by atoms with Crippen LogP contribution >= 0.6 is 0 Å². The van der Waals surface area contributed by atoms with Gasteiger partial charge < -0.3 is 25.2 Å². The van der Waals surface area contributed by atoms with Crippen LogP contribution in [0.1, 0.15) is 26.2 Å². The van der Waals surface area contributed by atoms with Crippen LogP contribution in [0.15, 0.2) is 0 Å². The fourth-order valence-corrected chi connectivity index (χ4v) is 1.09. The molecule has 0 amide bonds. The van der Waals surface area contributed by atoms with E-state index in [-0.39, 0.29) is 6.42 Å². The Labute approximate surface area is 107 Å². The average molecular weight is 278 g/mol. The summed E-state index contributed by atoms with van der Waals surface area (Å²) in [6.45, 7) is 1.44. The minimum Gasteiger partial charge on any atom is -0.481 e. The van der Waals surface area contributed by atoms with E-state index in [1.54, 1.807) is 0 Å². The third-order valence-corrected chi connectivity index (χ3v) is 2.15. The first kappa shape index (κ1) is 17.0. The van der Waals surface area contributed by atoms with E-state index in [9.17, 15) is 24.3 Å². The Kier molecular flexibility index (Phi) is 6.09. The molecule has 0 heterocycles. The summed E-state index contributed by atoms with van der Waals surface area (Å²) in [5.41, 5.74) is -2.87. The molecule has 0 spiro atoms. The highest BCUT2D eigenvalue weighted by molar-refractivity contribution is 5.93. The molecule has 0 fully saturated rings. The van der Waals surface area contributed by atoms with Crippen molar-refractivity contribution >= 4 is 23.9 Å². The average Bonchev–Trinajstić information content (AvgIpc) is 2.25. The molecule has 0 aliphatic carbocycles. The number of carbonyl (C=O) groups is 4. The predicted octanol–water partition coefficient (Wildman–Crippen LogP) is -1.49. The van der Waals surface area contributed by atoms with Gasteiger partial charge in [0.1, 0.15) is 0 Å². The number of aliphatic hydroxyl groups excluding tert-OH is 1. The smallest absolute Gasteiger partial charge is 0.342 e. The fraction of sp³-hybridized carbons (Fsp3) is 0.600. The van der Waals surface area contributed by atoms with Crippen LogP contribution in [0.25, 0.3) is 0 Å². The Morgan fingerprint density at radius 1 is 1.16 bits per heavy atom. The van der Waals surface area contributed by atoms with Crippen molar-refractivity contribution in [1.29, 1.82) is 0 Å². The molecule has 0 radical (unpaired) electrons. The highest BCUT2D eigenvalue weighted by Crippen LogP contribution is 2.17. The topological polar surface area (TPSA) is 158 Å². The summed E-state index contributed by atoms with van der Waals surface area (Å²) in [6.07, 6.45) is -4.04. The third kappa shape index (κ3) is 5.44. The van der Waals surface area contributed by atoms with Gasteiger partial charge in [-0.1, -0.05) is 6.92 Å². The van der Waals surface area contributed by atoms with Crippen LogP contribution < -0.4 is 0 Å². The highest BCUT2D eigenvalue weighted by Gasteiger charge is 2.42. The maximum absolute atomic E-state index is 11.2. The molecule has 9 heteroatoms. The van der Waals surface area contributed by atoms with E-state index < -0.39 is 48.4 Å². The van der Waals surface area contributed by atoms with Gasteiger partial charge in [0.05, 0.1) is 12.8 Å². The molecule has 19 heavy (non-hydrogen) atoms. The monoisotopic (exact) mass is 278 g/mol. The summed E-state index contributed by atoms with van der Waals surface area (Å²) in [6, 6.07) is 0. The summed E-state index contributed by atoms with van der Waals surface area (Å²) in [5, 5.41) is 35.6. The SMILES string of the molecule is CCC(O)C(=O)OC(=O)CC(O)(CC(=O)O)C(=O)O. The molecule has 0 bridgehead atoms. The number of hydrogen-bond acceptors (Lipinski definition) is 7. The van der Waals surface area contributed by atoms with Crippen LogP contribution in [0.5, 0.6) is 0 Å². The first-order chi connectivity index (χ1) is 8.62. The molecule has 2 atom stereocenters. The van der Waals surface area contributed by atoms with Crippen LogP contribution in [0, 0.1) is 0 Å². The van der Waals surface area contributed by atoms with Crippen molar-refractivity contribution < 1.29 is 44.3 Å². The number of rotatable bonds is 7. The second kappa shape index (κ2) is 6.81. The van der Waals surface area contributed by atoms with Gasteiger partial charge in [0.2, 0.25) is 0 Å². The number of hydrogen-bond donors (Lipinski definition) is 4. The summed E-state index contributed by atoms with van der Waals surface area (Å²) in [5.74, 6) is -6.31. The molecule has 0 aromatic rings. The number of ether oxygens (including phenoxy) is 1. The second-order valence-corrected chi connectivity index (χ2v) is 3.80. The lowest BCUT2D eigenvalue weighted by atomic mass is 9.96. The summed E-state index contributed by atoms with van der Waals surface area (Å²) in [4.78, 5) is 43.3. The molecule has 9 nitrogen and oxygen atoms in total. The summed E-state index contributed by atoms with van der Waals surface area (Å²) < 4.78 is 4.09. The third-order valence-electron chi connectivity index (χ3n) is 2.15. The molecule has 0 aromatic heterocycles. The molecular weight excluding hydrogens is 264 g/mol. The fourth-order valence-electron chi connectivity index (χ4n) is 1.09. The van der Waals surface area contributed by atoms with Crippen LogP contribution in [0.3, 0.4) is 0 Å². The maximum Gasteiger partial charge on any atom is 0.342 e. The van der Waals surface area contributed by atoms with Gasteiger partial charge in [-0.3, -0.25) is 9.59 Å². The van der Waals surface area contributed by atoms with Crippen molar-refractivity contribution in [2.75, 3.05) is 0 Å². The quantitative estimate of drug-likeness (QED) is 0.321. The van der Waals surface area contributed by atoms with Gasteiger partial charge in [0.15, 0.2) is 11.7 Å². The molecule has 4 N–H and O–H groups in total. The van der Waals surface area contributed by atoms with Crippen LogP contribution in [0.2, 0.25) is 0 Å². The van der Waals surface area contributed by atoms with Crippen molar-refractivity contribution in [1.82, 2.24) is 0 Å². The minimum atomic E-state index is -2.87. The van der Waals surface area contributed by atoms with Gasteiger partial charge in [0, 0.05) is 0 Å². The van der Waals surface area contributed by atoms with E-state index in [2.05, 4.69) is 4.74 Å². The molecule has 2 unspecified atom stereocenters. The molecule has 0 saturated heterocycles. The first-order valence-electron chi connectivity index (χ1n) is 5.22. The number of carboxylic acids is 2. The van der Waals surface area contributed by atoms with Crippen molar-refractivity contribution in [2.24, 2.45) is 0 Å². The lowest BCUT2D eigenvalue weighted by Gasteiger charge is -2.20. The Morgan fingerprint density at radius 3 is 2.05 bits per heavy atom. The highest BCUT2D eigenvalue weighted by atomic mass is 16.6. The molecule has 108 valence electrons. The zero-order valence-electron chi connectivity index (χ0n) is 10.0. The van der Waals surface area contributed by atoms with Crippen LogP contribution in [0.4, 0.5) is 0 Å². The zero-order valence-corrected chi connectivity index (χ0v) is 10.0. The van der Waals surface area contributed by atoms with Gasteiger partial charge in [0.25, 0.3) is 0 Å². The van der Waals surface area contributed by atoms with Crippen LogP contribution in [-0.4, -0.2) is 56.0 Å². The van der Waals surface area contributed by atoms with Crippen molar-refractivity contribution in [3.63, 3.8) is 0 Å². The first-order valence-corrected chi connectivity index (χ1v) is 5.22. The van der Waals surface area contributed by atoms with Gasteiger partial charge in [-0.2, -0.15) is 0 Å². The van der Waals surface area contributed by atoms with E-state index in [1.807, 2.05) is 0 Å². The van der Waals surface area contributed by atoms with E-state index in [4.69, 9.17) is 15.3 Å². The maximum atomic E-state index is 11.2. The largest absolute Gasteiger partial charge is 0.481 e. The van der Waals surface area contributed by atoms with E-state index >= 15 is 0 Å². The van der Waals surface area contributed by atoms with Crippen molar-refractivity contribution in [2.45, 2.75) is 37.9 Å². The molecule has 0 saturated carbocycles. The number of carboxylic acid groups (broad SMARTS) is 2. The Bertz CT molecular complexity index is 388. The van der Waals surface area contributed by atoms with E-state index in [1.165, 1.54) is 6.92 Å². The number of aliphatic carboxylic acids is 2. The lowest BCUT2D eigenvalue weighted by molar-refractivity contribution is -0.177. The Balaban J connectivity index is 4.70. The molecule has 0 rings (SSSR count). The van der Waals surface area contributed by atoms with Crippen LogP contribution in [-0.2, 0) is 23.9 Å². The standard InChI is InChI=1S/C10H14O9/c1-2-5(11)8(15)19-7(14)4-10(18,9(16)17)3-6(12)13/h5,11,18H,2-4H2,1H3,(H,12,13)(H,16,17). The molecular formula is C10H14O9. The molecule has 0 aliphatic rings. The normalized spacial score (nSPS) is 15.1. The van der Waals surface area contributed by atoms with Crippen molar-refractivity contribution in [3.8, 4) is 0 Å². The zero-order chi connectivity index (χ0) is 15.2.